The standard InChI is InChI=1S/C15H21NO4/c1-15(2,3)20-14(17)16-13-8-11(18-4)6-5-10(13)7-12-9-19-12/h5-6,8,12H,7,9H2,1-4H3,(H,16,17). The van der Waals surface area contributed by atoms with Gasteiger partial charge in [-0.2, -0.15) is 0 Å². The van der Waals surface area contributed by atoms with E-state index in [9.17, 15) is 4.79 Å². The molecule has 1 atom stereocenters. The Balaban J connectivity index is 2.12. The molecule has 1 fully saturated rings. The maximum Gasteiger partial charge on any atom is 0.412 e. The first kappa shape index (κ1) is 14.7. The van der Waals surface area contributed by atoms with Gasteiger partial charge in [0.15, 0.2) is 0 Å². The van der Waals surface area contributed by atoms with Gasteiger partial charge in [-0.1, -0.05) is 6.07 Å². The first-order valence-corrected chi connectivity index (χ1v) is 6.66. The van der Waals surface area contributed by atoms with E-state index in [4.69, 9.17) is 14.2 Å². The van der Waals surface area contributed by atoms with Crippen LogP contribution in [0, 0.1) is 0 Å². The van der Waals surface area contributed by atoms with E-state index < -0.39 is 11.7 Å². The zero-order valence-electron chi connectivity index (χ0n) is 12.4. The number of rotatable bonds is 4. The molecule has 1 saturated heterocycles. The van der Waals surface area contributed by atoms with Crippen molar-refractivity contribution in [3.63, 3.8) is 0 Å². The largest absolute Gasteiger partial charge is 0.497 e. The van der Waals surface area contributed by atoms with Crippen molar-refractivity contribution in [2.24, 2.45) is 0 Å². The monoisotopic (exact) mass is 279 g/mol. The second-order valence-electron chi connectivity index (χ2n) is 5.81. The van der Waals surface area contributed by atoms with Crippen molar-refractivity contribution in [2.45, 2.75) is 38.9 Å². The number of amides is 1. The third kappa shape index (κ3) is 4.42. The van der Waals surface area contributed by atoms with Crippen LogP contribution in [0.3, 0.4) is 0 Å². The highest BCUT2D eigenvalue weighted by atomic mass is 16.6. The van der Waals surface area contributed by atoms with Gasteiger partial charge < -0.3 is 14.2 Å². The van der Waals surface area contributed by atoms with Gasteiger partial charge in [0.05, 0.1) is 25.5 Å². The highest BCUT2D eigenvalue weighted by Crippen LogP contribution is 2.27. The number of methoxy groups -OCH3 is 1. The van der Waals surface area contributed by atoms with Crippen molar-refractivity contribution >= 4 is 11.8 Å². The fraction of sp³-hybridized carbons (Fsp3) is 0.533. The summed E-state index contributed by atoms with van der Waals surface area (Å²) in [7, 11) is 1.59. The van der Waals surface area contributed by atoms with Crippen molar-refractivity contribution in [3.8, 4) is 5.75 Å². The number of hydrogen-bond acceptors (Lipinski definition) is 4. The predicted molar refractivity (Wildman–Crippen MR) is 76.3 cm³/mol. The van der Waals surface area contributed by atoms with Gasteiger partial charge in [-0.15, -0.1) is 0 Å². The lowest BCUT2D eigenvalue weighted by Crippen LogP contribution is -2.27. The van der Waals surface area contributed by atoms with Crippen LogP contribution in [-0.2, 0) is 15.9 Å². The molecule has 0 saturated carbocycles. The minimum atomic E-state index is -0.525. The molecule has 0 aliphatic carbocycles. The Hall–Kier alpha value is -1.75. The Morgan fingerprint density at radius 2 is 2.15 bits per heavy atom. The van der Waals surface area contributed by atoms with E-state index >= 15 is 0 Å². The lowest BCUT2D eigenvalue weighted by atomic mass is 10.1. The van der Waals surface area contributed by atoms with Gasteiger partial charge >= 0.3 is 6.09 Å². The van der Waals surface area contributed by atoms with Crippen molar-refractivity contribution in [1.29, 1.82) is 0 Å². The number of ether oxygens (including phenoxy) is 3. The van der Waals surface area contributed by atoms with E-state index in [1.54, 1.807) is 13.2 Å². The smallest absolute Gasteiger partial charge is 0.412 e. The Bertz CT molecular complexity index is 489. The van der Waals surface area contributed by atoms with Crippen LogP contribution in [0.2, 0.25) is 0 Å². The van der Waals surface area contributed by atoms with E-state index in [1.165, 1.54) is 0 Å². The van der Waals surface area contributed by atoms with Crippen LogP contribution in [0.1, 0.15) is 26.3 Å². The summed E-state index contributed by atoms with van der Waals surface area (Å²) >= 11 is 0. The van der Waals surface area contributed by atoms with Crippen molar-refractivity contribution in [2.75, 3.05) is 19.0 Å². The van der Waals surface area contributed by atoms with Crippen molar-refractivity contribution in [1.82, 2.24) is 0 Å². The molecule has 110 valence electrons. The Labute approximate surface area is 119 Å². The molecule has 0 aromatic heterocycles. The maximum atomic E-state index is 11.9. The summed E-state index contributed by atoms with van der Waals surface area (Å²) in [5, 5.41) is 2.78. The Morgan fingerprint density at radius 3 is 2.70 bits per heavy atom. The van der Waals surface area contributed by atoms with Crippen LogP contribution >= 0.6 is 0 Å². The summed E-state index contributed by atoms with van der Waals surface area (Å²) < 4.78 is 15.7. The summed E-state index contributed by atoms with van der Waals surface area (Å²) in [6, 6.07) is 5.60. The minimum Gasteiger partial charge on any atom is -0.497 e. The number of epoxide rings is 1. The molecule has 5 heteroatoms. The molecule has 20 heavy (non-hydrogen) atoms. The molecule has 1 aliphatic heterocycles. The van der Waals surface area contributed by atoms with Crippen LogP contribution in [0.15, 0.2) is 18.2 Å². The molecular formula is C15H21NO4. The molecule has 0 radical (unpaired) electrons. The zero-order valence-corrected chi connectivity index (χ0v) is 12.4. The van der Waals surface area contributed by atoms with E-state index in [2.05, 4.69) is 5.32 Å². The SMILES string of the molecule is COc1ccc(CC2CO2)c(NC(=O)OC(C)(C)C)c1. The fourth-order valence-corrected chi connectivity index (χ4v) is 1.82. The van der Waals surface area contributed by atoms with Gasteiger partial charge in [-0.3, -0.25) is 5.32 Å². The topological polar surface area (TPSA) is 60.1 Å². The van der Waals surface area contributed by atoms with E-state index in [0.29, 0.717) is 11.4 Å². The number of carbonyl (C=O) groups excluding carboxylic acids is 1. The molecule has 1 amide bonds. The van der Waals surface area contributed by atoms with Crippen LogP contribution in [0.5, 0.6) is 5.75 Å². The maximum absolute atomic E-state index is 11.9. The first-order chi connectivity index (χ1) is 9.37. The van der Waals surface area contributed by atoms with Crippen LogP contribution < -0.4 is 10.1 Å². The number of anilines is 1. The highest BCUT2D eigenvalue weighted by Gasteiger charge is 2.25. The summed E-state index contributed by atoms with van der Waals surface area (Å²) in [5.74, 6) is 0.691. The average Bonchev–Trinajstić information content (AvgIpc) is 3.12. The first-order valence-electron chi connectivity index (χ1n) is 6.66. The quantitative estimate of drug-likeness (QED) is 0.861. The lowest BCUT2D eigenvalue weighted by Gasteiger charge is -2.20. The van der Waals surface area contributed by atoms with Crippen molar-refractivity contribution < 1.29 is 19.0 Å². The molecule has 5 nitrogen and oxygen atoms in total. The van der Waals surface area contributed by atoms with E-state index in [-0.39, 0.29) is 6.10 Å². The average molecular weight is 279 g/mol. The zero-order chi connectivity index (χ0) is 14.8. The third-order valence-corrected chi connectivity index (χ3v) is 2.80. The van der Waals surface area contributed by atoms with Gasteiger partial charge in [0.25, 0.3) is 0 Å². The normalized spacial score (nSPS) is 17.5. The second kappa shape index (κ2) is 5.71. The molecule has 0 bridgehead atoms. The van der Waals surface area contributed by atoms with Gasteiger partial charge in [-0.05, 0) is 32.4 Å². The third-order valence-electron chi connectivity index (χ3n) is 2.80. The van der Waals surface area contributed by atoms with Crippen LogP contribution in [-0.4, -0.2) is 31.5 Å². The molecule has 0 spiro atoms. The summed E-state index contributed by atoms with van der Waals surface area (Å²) in [6.07, 6.45) is 0.557. The van der Waals surface area contributed by atoms with Crippen molar-refractivity contribution in [3.05, 3.63) is 23.8 Å². The van der Waals surface area contributed by atoms with Gasteiger partial charge in [-0.25, -0.2) is 4.79 Å². The molecular weight excluding hydrogens is 258 g/mol. The van der Waals surface area contributed by atoms with Crippen LogP contribution in [0.4, 0.5) is 10.5 Å². The molecule has 1 N–H and O–H groups in total. The lowest BCUT2D eigenvalue weighted by molar-refractivity contribution is 0.0635. The number of carbonyl (C=O) groups is 1. The number of hydrogen-bond donors (Lipinski definition) is 1. The molecule has 1 aliphatic rings. The Kier molecular flexibility index (Phi) is 4.18. The minimum absolute atomic E-state index is 0.252. The molecule has 1 heterocycles. The number of benzene rings is 1. The molecule has 1 aromatic carbocycles. The number of nitrogens with one attached hydrogen (secondary N) is 1. The fourth-order valence-electron chi connectivity index (χ4n) is 1.82. The van der Waals surface area contributed by atoms with Crippen LogP contribution in [0.25, 0.3) is 0 Å². The second-order valence-corrected chi connectivity index (χ2v) is 5.81. The summed E-state index contributed by atoms with van der Waals surface area (Å²) in [6.45, 7) is 6.27. The van der Waals surface area contributed by atoms with E-state index in [1.807, 2.05) is 32.9 Å². The summed E-state index contributed by atoms with van der Waals surface area (Å²) in [5.41, 5.74) is 1.19. The van der Waals surface area contributed by atoms with Gasteiger partial charge in [0.2, 0.25) is 0 Å². The summed E-state index contributed by atoms with van der Waals surface area (Å²) in [4.78, 5) is 11.9. The molecule has 1 unspecified atom stereocenters. The van der Waals surface area contributed by atoms with Gasteiger partial charge in [0.1, 0.15) is 11.4 Å². The predicted octanol–water partition coefficient (Wildman–Crippen LogP) is 2.98. The molecule has 1 aromatic rings. The highest BCUT2D eigenvalue weighted by molar-refractivity contribution is 5.86. The molecule has 2 rings (SSSR count). The van der Waals surface area contributed by atoms with E-state index in [0.717, 1.165) is 18.6 Å². The van der Waals surface area contributed by atoms with Gasteiger partial charge in [0, 0.05) is 12.5 Å². The Morgan fingerprint density at radius 1 is 1.45 bits per heavy atom.